The van der Waals surface area contributed by atoms with Gasteiger partial charge in [-0.25, -0.2) is 14.6 Å². The molecule has 1 amide bonds. The third kappa shape index (κ3) is 3.95. The van der Waals surface area contributed by atoms with Crippen molar-refractivity contribution in [3.63, 3.8) is 0 Å². The van der Waals surface area contributed by atoms with E-state index in [-0.39, 0.29) is 5.91 Å². The highest BCUT2D eigenvalue weighted by Gasteiger charge is 2.22. The van der Waals surface area contributed by atoms with Crippen LogP contribution >= 0.6 is 11.8 Å². The molecule has 0 spiro atoms. The molecule has 0 aliphatic carbocycles. The minimum Gasteiger partial charge on any atom is -0.339 e. The Morgan fingerprint density at radius 2 is 1.96 bits per heavy atom. The zero-order valence-corrected chi connectivity index (χ0v) is 13.7. The number of aromatic nitrogens is 6. The van der Waals surface area contributed by atoms with Gasteiger partial charge in [0.05, 0.1) is 0 Å². The van der Waals surface area contributed by atoms with E-state index in [1.165, 1.54) is 11.8 Å². The van der Waals surface area contributed by atoms with Crippen molar-refractivity contribution in [2.75, 3.05) is 36.8 Å². The van der Waals surface area contributed by atoms with E-state index in [1.54, 1.807) is 30.2 Å². The molecule has 23 heavy (non-hydrogen) atoms. The fourth-order valence-electron chi connectivity index (χ4n) is 2.34. The number of nitrogens with zero attached hydrogens (tertiary/aromatic N) is 8. The van der Waals surface area contributed by atoms with Crippen molar-refractivity contribution >= 4 is 23.6 Å². The van der Waals surface area contributed by atoms with E-state index in [0.717, 1.165) is 24.2 Å². The van der Waals surface area contributed by atoms with Crippen LogP contribution in [0.15, 0.2) is 23.6 Å². The highest BCUT2D eigenvalue weighted by Crippen LogP contribution is 2.15. The average Bonchev–Trinajstić information content (AvgIpc) is 3.01. The lowest BCUT2D eigenvalue weighted by atomic mass is 10.3. The molecule has 9 nitrogen and oxygen atoms in total. The maximum atomic E-state index is 12.3. The molecule has 0 unspecified atom stereocenters. The molecule has 122 valence electrons. The Morgan fingerprint density at radius 1 is 1.22 bits per heavy atom. The molecule has 2 aromatic heterocycles. The molecule has 0 atom stereocenters. The third-order valence-electron chi connectivity index (χ3n) is 3.60. The summed E-state index contributed by atoms with van der Waals surface area (Å²) in [6.45, 7) is 2.92. The van der Waals surface area contributed by atoms with E-state index < -0.39 is 0 Å². The predicted molar refractivity (Wildman–Crippen MR) is 85.0 cm³/mol. The van der Waals surface area contributed by atoms with Crippen LogP contribution in [0, 0.1) is 0 Å². The van der Waals surface area contributed by atoms with Gasteiger partial charge in [-0.3, -0.25) is 4.79 Å². The molecular formula is C13H18N8OS. The first-order chi connectivity index (χ1) is 11.2. The number of hydrogen-bond acceptors (Lipinski definition) is 8. The van der Waals surface area contributed by atoms with Crippen LogP contribution < -0.4 is 4.90 Å². The second-order valence-corrected chi connectivity index (χ2v) is 6.16. The highest BCUT2D eigenvalue weighted by molar-refractivity contribution is 7.99. The lowest BCUT2D eigenvalue weighted by Crippen LogP contribution is -2.49. The normalized spacial score (nSPS) is 15.0. The molecular weight excluding hydrogens is 316 g/mol. The Bertz CT molecular complexity index is 640. The summed E-state index contributed by atoms with van der Waals surface area (Å²) in [5.74, 6) is 1.57. The molecule has 1 aliphatic heterocycles. The number of tetrazole rings is 1. The van der Waals surface area contributed by atoms with Gasteiger partial charge in [-0.15, -0.1) is 5.10 Å². The van der Waals surface area contributed by atoms with Crippen LogP contribution in [0.25, 0.3) is 0 Å². The Morgan fingerprint density at radius 3 is 2.61 bits per heavy atom. The second-order valence-electron chi connectivity index (χ2n) is 5.10. The summed E-state index contributed by atoms with van der Waals surface area (Å²) in [4.78, 5) is 24.7. The van der Waals surface area contributed by atoms with Crippen molar-refractivity contribution in [1.29, 1.82) is 0 Å². The number of carbonyl (C=O) groups excluding carboxylic acids is 1. The number of hydrogen-bond donors (Lipinski definition) is 0. The molecule has 0 bridgehead atoms. The number of amides is 1. The minimum atomic E-state index is 0.168. The molecule has 0 aromatic carbocycles. The molecule has 3 rings (SSSR count). The summed E-state index contributed by atoms with van der Waals surface area (Å²) in [5, 5.41) is 12.0. The second kappa shape index (κ2) is 7.36. The van der Waals surface area contributed by atoms with E-state index in [4.69, 9.17) is 0 Å². The molecule has 10 heteroatoms. The van der Waals surface area contributed by atoms with E-state index >= 15 is 0 Å². The van der Waals surface area contributed by atoms with Crippen LogP contribution in [0.4, 0.5) is 5.95 Å². The van der Waals surface area contributed by atoms with Crippen LogP contribution in [0.5, 0.6) is 0 Å². The molecule has 0 saturated carbocycles. The molecule has 2 aromatic rings. The topological polar surface area (TPSA) is 92.9 Å². The Hall–Kier alpha value is -2.23. The van der Waals surface area contributed by atoms with Crippen LogP contribution in [0.1, 0.15) is 6.42 Å². The van der Waals surface area contributed by atoms with Gasteiger partial charge in [0, 0.05) is 57.8 Å². The first-order valence-corrected chi connectivity index (χ1v) is 8.37. The molecule has 0 N–H and O–H groups in total. The van der Waals surface area contributed by atoms with Gasteiger partial charge in [0.25, 0.3) is 0 Å². The number of thioether (sulfide) groups is 1. The van der Waals surface area contributed by atoms with Gasteiger partial charge in [0.2, 0.25) is 17.0 Å². The minimum absolute atomic E-state index is 0.168. The van der Waals surface area contributed by atoms with E-state index in [2.05, 4.69) is 30.4 Å². The molecule has 1 fully saturated rings. The zero-order chi connectivity index (χ0) is 16.1. The van der Waals surface area contributed by atoms with Crippen LogP contribution in [0.3, 0.4) is 0 Å². The summed E-state index contributed by atoms with van der Waals surface area (Å²) in [6, 6.07) is 1.80. The highest BCUT2D eigenvalue weighted by atomic mass is 32.2. The van der Waals surface area contributed by atoms with Gasteiger partial charge in [-0.2, -0.15) is 0 Å². The summed E-state index contributed by atoms with van der Waals surface area (Å²) < 4.78 is 1.60. The van der Waals surface area contributed by atoms with Gasteiger partial charge in [-0.1, -0.05) is 11.8 Å². The lowest BCUT2D eigenvalue weighted by molar-refractivity contribution is -0.131. The lowest BCUT2D eigenvalue weighted by Gasteiger charge is -2.34. The van der Waals surface area contributed by atoms with Crippen LogP contribution in [-0.4, -0.2) is 72.9 Å². The maximum absolute atomic E-state index is 12.3. The van der Waals surface area contributed by atoms with Gasteiger partial charge in [0.1, 0.15) is 0 Å². The zero-order valence-electron chi connectivity index (χ0n) is 12.9. The molecule has 3 heterocycles. The van der Waals surface area contributed by atoms with E-state index in [0.29, 0.717) is 25.3 Å². The summed E-state index contributed by atoms with van der Waals surface area (Å²) in [7, 11) is 1.79. The molecule has 1 aliphatic rings. The van der Waals surface area contributed by atoms with Gasteiger partial charge >= 0.3 is 0 Å². The smallest absolute Gasteiger partial charge is 0.225 e. The SMILES string of the molecule is Cn1nnnc1SCCC(=O)N1CCN(c2ncccn2)CC1. The van der Waals surface area contributed by atoms with E-state index in [9.17, 15) is 4.79 Å². The van der Waals surface area contributed by atoms with Crippen LogP contribution in [0.2, 0.25) is 0 Å². The quantitative estimate of drug-likeness (QED) is 0.696. The standard InChI is InChI=1S/C13H18N8OS/c1-19-13(16-17-18-19)23-10-3-11(22)20-6-8-21(9-7-20)12-14-4-2-5-15-12/h2,4-5H,3,6-10H2,1H3. The number of rotatable bonds is 5. The summed E-state index contributed by atoms with van der Waals surface area (Å²) in [5.41, 5.74) is 0. The number of aryl methyl sites for hydroxylation is 1. The van der Waals surface area contributed by atoms with Crippen molar-refractivity contribution < 1.29 is 4.79 Å². The van der Waals surface area contributed by atoms with Crippen molar-refractivity contribution in [2.24, 2.45) is 7.05 Å². The summed E-state index contributed by atoms with van der Waals surface area (Å²) in [6.07, 6.45) is 3.95. The van der Waals surface area contributed by atoms with Crippen molar-refractivity contribution in [3.05, 3.63) is 18.5 Å². The van der Waals surface area contributed by atoms with E-state index in [1.807, 2.05) is 4.90 Å². The monoisotopic (exact) mass is 334 g/mol. The maximum Gasteiger partial charge on any atom is 0.225 e. The van der Waals surface area contributed by atoms with Crippen LogP contribution in [-0.2, 0) is 11.8 Å². The first-order valence-electron chi connectivity index (χ1n) is 7.39. The summed E-state index contributed by atoms with van der Waals surface area (Å²) >= 11 is 1.49. The van der Waals surface area contributed by atoms with Gasteiger partial charge < -0.3 is 9.80 Å². The van der Waals surface area contributed by atoms with Gasteiger partial charge in [-0.05, 0) is 16.5 Å². The Balaban J connectivity index is 1.42. The number of carbonyl (C=O) groups is 1. The Labute approximate surface area is 138 Å². The van der Waals surface area contributed by atoms with Crippen molar-refractivity contribution in [3.8, 4) is 0 Å². The Kier molecular flexibility index (Phi) is 5.01. The van der Waals surface area contributed by atoms with Gasteiger partial charge in [0.15, 0.2) is 0 Å². The fraction of sp³-hybridized carbons (Fsp3) is 0.538. The molecule has 0 radical (unpaired) electrons. The third-order valence-corrected chi connectivity index (χ3v) is 4.61. The average molecular weight is 334 g/mol. The van der Waals surface area contributed by atoms with Crippen molar-refractivity contribution in [2.45, 2.75) is 11.6 Å². The molecule has 1 saturated heterocycles. The first kappa shape index (κ1) is 15.7. The number of piperazine rings is 1. The largest absolute Gasteiger partial charge is 0.339 e. The number of anilines is 1. The predicted octanol–water partition coefficient (Wildman–Crippen LogP) is -0.169. The van der Waals surface area contributed by atoms with Crippen molar-refractivity contribution in [1.82, 2.24) is 35.1 Å². The fourth-order valence-corrected chi connectivity index (χ4v) is 3.12.